The van der Waals surface area contributed by atoms with Gasteiger partial charge in [-0.3, -0.25) is 4.79 Å². The molecular formula is C4H6BO5Rb. The van der Waals surface area contributed by atoms with E-state index in [2.05, 4.69) is 12.7 Å². The van der Waals surface area contributed by atoms with Crippen LogP contribution in [0.5, 0.6) is 0 Å². The first-order chi connectivity index (χ1) is 4.57. The van der Waals surface area contributed by atoms with Crippen LogP contribution in [0.3, 0.4) is 0 Å². The molecular weight excluding hydrogens is 224 g/mol. The fraction of sp³-hybridized carbons (Fsp3) is 0.500. The summed E-state index contributed by atoms with van der Waals surface area (Å²) in [6, 6.07) is 0. The molecule has 0 amide bonds. The molecule has 0 spiro atoms. The van der Waals surface area contributed by atoms with E-state index in [-0.39, 0.29) is 59.6 Å². The Balaban J connectivity index is -0.000000405. The number of aliphatic carboxylic acids is 1. The van der Waals surface area contributed by atoms with Crippen molar-refractivity contribution in [3.63, 3.8) is 0 Å². The quantitative estimate of drug-likeness (QED) is 0.478. The van der Waals surface area contributed by atoms with E-state index in [1.807, 2.05) is 0 Å². The Bertz CT molecular complexity index is 154. The molecule has 2 radical (unpaired) electrons. The average molecular weight is 230 g/mol. The van der Waals surface area contributed by atoms with Crippen molar-refractivity contribution in [1.29, 1.82) is 0 Å². The van der Waals surface area contributed by atoms with Gasteiger partial charge in [-0.1, -0.05) is 0 Å². The molecule has 56 valence electrons. The molecule has 2 N–H and O–H groups in total. The predicted molar refractivity (Wildman–Crippen MR) is 31.2 cm³/mol. The molecule has 0 heterocycles. The minimum Gasteiger partial charge on any atom is -1.00 e. The molecule has 0 aromatic heterocycles. The van der Waals surface area contributed by atoms with Crippen LogP contribution < -0.4 is 58.2 Å². The molecule has 0 aromatic carbocycles. The maximum Gasteiger partial charge on any atom is 1.00 e. The molecule has 11 heavy (non-hydrogen) atoms. The zero-order valence-electron chi connectivity index (χ0n) is 6.98. The first-order valence-electron chi connectivity index (χ1n) is 2.38. The van der Waals surface area contributed by atoms with Crippen LogP contribution in [-0.4, -0.2) is 36.3 Å². The number of aliphatic hydroxyl groups is 1. The van der Waals surface area contributed by atoms with Crippen LogP contribution in [0.15, 0.2) is 0 Å². The van der Waals surface area contributed by atoms with Gasteiger partial charge in [-0.05, 0) is 0 Å². The van der Waals surface area contributed by atoms with Gasteiger partial charge < -0.3 is 16.3 Å². The van der Waals surface area contributed by atoms with Crippen LogP contribution in [0.1, 0.15) is 7.85 Å². The standard InChI is InChI=1S/C4H5BO5.Rb.H/c5-10-3(7)1-2(6)4(8)9;;/h2,6H,1H2,(H,8,9);;/q;+1;-1. The number of aliphatic hydroxyl groups excluding tert-OH is 1. The third-order valence-corrected chi connectivity index (χ3v) is 0.777. The predicted octanol–water partition coefficient (Wildman–Crippen LogP) is -4.43. The second-order valence-electron chi connectivity index (χ2n) is 1.55. The number of hydrogen-bond acceptors (Lipinski definition) is 4. The summed E-state index contributed by atoms with van der Waals surface area (Å²) in [6.45, 7) is 0. The Morgan fingerprint density at radius 1 is 1.64 bits per heavy atom. The molecule has 0 rings (SSSR count). The normalized spacial score (nSPS) is 11.0. The van der Waals surface area contributed by atoms with Crippen LogP contribution in [0.4, 0.5) is 0 Å². The molecule has 0 bridgehead atoms. The second kappa shape index (κ2) is 7.42. The largest absolute Gasteiger partial charge is 1.00 e. The van der Waals surface area contributed by atoms with Crippen LogP contribution in [0.25, 0.3) is 0 Å². The van der Waals surface area contributed by atoms with Gasteiger partial charge in [0.05, 0.1) is 6.42 Å². The van der Waals surface area contributed by atoms with Crippen molar-refractivity contribution in [3.8, 4) is 0 Å². The van der Waals surface area contributed by atoms with Crippen LogP contribution >= 0.6 is 0 Å². The zero-order valence-corrected chi connectivity index (χ0v) is 10.9. The summed E-state index contributed by atoms with van der Waals surface area (Å²) in [5, 5.41) is 16.5. The molecule has 7 heteroatoms. The van der Waals surface area contributed by atoms with E-state index in [1.54, 1.807) is 0 Å². The summed E-state index contributed by atoms with van der Waals surface area (Å²) in [5.41, 5.74) is 0. The van der Waals surface area contributed by atoms with Gasteiger partial charge in [0.15, 0.2) is 6.10 Å². The maximum atomic E-state index is 10.2. The molecule has 0 saturated carbocycles. The Morgan fingerprint density at radius 2 is 2.09 bits per heavy atom. The van der Waals surface area contributed by atoms with E-state index >= 15 is 0 Å². The van der Waals surface area contributed by atoms with E-state index in [4.69, 9.17) is 10.2 Å². The smallest absolute Gasteiger partial charge is 1.00 e. The van der Waals surface area contributed by atoms with E-state index in [9.17, 15) is 9.59 Å². The van der Waals surface area contributed by atoms with Crippen molar-refractivity contribution in [2.24, 2.45) is 0 Å². The molecule has 0 aliphatic carbocycles. The Labute approximate surface area is 115 Å². The van der Waals surface area contributed by atoms with Crippen molar-refractivity contribution in [2.45, 2.75) is 12.5 Å². The van der Waals surface area contributed by atoms with Crippen LogP contribution in [0, 0.1) is 0 Å². The summed E-state index contributed by atoms with van der Waals surface area (Å²) in [4.78, 5) is 20.0. The van der Waals surface area contributed by atoms with Gasteiger partial charge in [-0.15, -0.1) is 0 Å². The first-order valence-corrected chi connectivity index (χ1v) is 2.38. The number of rotatable bonds is 3. The van der Waals surface area contributed by atoms with Crippen LogP contribution in [-0.2, 0) is 14.2 Å². The van der Waals surface area contributed by atoms with Crippen molar-refractivity contribution in [2.75, 3.05) is 0 Å². The molecule has 0 aliphatic rings. The average Bonchev–Trinajstić information content (AvgIpc) is 1.87. The molecule has 0 fully saturated rings. The van der Waals surface area contributed by atoms with Gasteiger partial charge in [0.25, 0.3) is 5.97 Å². The van der Waals surface area contributed by atoms with Gasteiger partial charge >= 0.3 is 72.2 Å². The summed E-state index contributed by atoms with van der Waals surface area (Å²) in [6.07, 6.45) is -2.37. The molecule has 0 saturated heterocycles. The van der Waals surface area contributed by atoms with Crippen molar-refractivity contribution < 1.29 is 84.1 Å². The maximum absolute atomic E-state index is 10.2. The van der Waals surface area contributed by atoms with Gasteiger partial charge in [0.2, 0.25) is 0 Å². The van der Waals surface area contributed by atoms with Crippen molar-refractivity contribution in [3.05, 3.63) is 0 Å². The first kappa shape index (κ1) is 14.3. The van der Waals surface area contributed by atoms with E-state index in [0.717, 1.165) is 0 Å². The monoisotopic (exact) mass is 230 g/mol. The molecule has 0 aliphatic heterocycles. The van der Waals surface area contributed by atoms with Gasteiger partial charge in [0.1, 0.15) is 0 Å². The molecule has 1 atom stereocenters. The Morgan fingerprint density at radius 3 is 2.36 bits per heavy atom. The summed E-state index contributed by atoms with van der Waals surface area (Å²) in [5.74, 6) is -2.44. The molecule has 0 aromatic rings. The van der Waals surface area contributed by atoms with E-state index in [0.29, 0.717) is 0 Å². The molecule has 1 unspecified atom stereocenters. The zero-order chi connectivity index (χ0) is 8.15. The second-order valence-corrected chi connectivity index (χ2v) is 1.55. The fourth-order valence-electron chi connectivity index (χ4n) is 0.293. The Kier molecular flexibility index (Phi) is 9.65. The molecule has 5 nitrogen and oxygen atoms in total. The number of carboxylic acids is 1. The van der Waals surface area contributed by atoms with E-state index < -0.39 is 24.5 Å². The third kappa shape index (κ3) is 7.14. The van der Waals surface area contributed by atoms with Crippen molar-refractivity contribution >= 4 is 20.0 Å². The minimum atomic E-state index is -1.74. The number of carbonyl (C=O) groups excluding carboxylic acids is 1. The summed E-state index contributed by atoms with van der Waals surface area (Å²) >= 11 is 0. The number of carboxylic acid groups (broad SMARTS) is 1. The third-order valence-electron chi connectivity index (χ3n) is 0.777. The summed E-state index contributed by atoms with van der Waals surface area (Å²) < 4.78 is 3.61. The SMILES string of the molecule is [B]OC(=O)CC(O)C(=O)O.[H-].[Rb+]. The number of hydrogen-bond donors (Lipinski definition) is 2. The Hall–Kier alpha value is 0.770. The van der Waals surface area contributed by atoms with Gasteiger partial charge in [-0.25, -0.2) is 4.79 Å². The minimum absolute atomic E-state index is 0. The summed E-state index contributed by atoms with van der Waals surface area (Å²) in [7, 11) is 4.37. The van der Waals surface area contributed by atoms with Crippen molar-refractivity contribution in [1.82, 2.24) is 0 Å². The van der Waals surface area contributed by atoms with Crippen LogP contribution in [0.2, 0.25) is 0 Å². The fourth-order valence-corrected chi connectivity index (χ4v) is 0.293. The topological polar surface area (TPSA) is 83.8 Å². The number of carbonyl (C=O) groups is 2. The van der Waals surface area contributed by atoms with Gasteiger partial charge in [-0.2, -0.15) is 0 Å². The van der Waals surface area contributed by atoms with E-state index in [1.165, 1.54) is 0 Å². The van der Waals surface area contributed by atoms with Gasteiger partial charge in [0, 0.05) is 0 Å².